The molecule has 6 heteroatoms. The lowest BCUT2D eigenvalue weighted by molar-refractivity contribution is -0.237. The molecule has 0 radical (unpaired) electrons. The number of hydrazone groups is 1. The van der Waals surface area contributed by atoms with Crippen molar-refractivity contribution in [2.75, 3.05) is 0 Å². The molecule has 3 nitrogen and oxygen atoms in total. The van der Waals surface area contributed by atoms with Crippen molar-refractivity contribution >= 4 is 6.34 Å². The van der Waals surface area contributed by atoms with Crippen LogP contribution in [0.4, 0.5) is 13.2 Å². The van der Waals surface area contributed by atoms with Crippen molar-refractivity contribution in [1.29, 1.82) is 0 Å². The second-order valence-electron chi connectivity index (χ2n) is 3.85. The highest BCUT2D eigenvalue weighted by molar-refractivity contribution is 5.57. The van der Waals surface area contributed by atoms with Crippen LogP contribution in [0, 0.1) is 0 Å². The molecule has 0 amide bonds. The standard InChI is InChI=1S/C9H16F3N3/c1-4-5-8-14(9(10,11)12)6-13-15(8)7(2)3/h6-8H,4-5H2,1-3H3. The van der Waals surface area contributed by atoms with Gasteiger partial charge in [0.2, 0.25) is 0 Å². The molecule has 1 atom stereocenters. The van der Waals surface area contributed by atoms with Gasteiger partial charge in [-0.15, -0.1) is 13.2 Å². The van der Waals surface area contributed by atoms with E-state index in [4.69, 9.17) is 0 Å². The molecule has 0 saturated carbocycles. The summed E-state index contributed by atoms with van der Waals surface area (Å²) in [5, 5.41) is 5.29. The Labute approximate surface area is 87.5 Å². The van der Waals surface area contributed by atoms with Crippen LogP contribution in [0.15, 0.2) is 5.10 Å². The lowest BCUT2D eigenvalue weighted by Gasteiger charge is -2.33. The molecule has 0 fully saturated rings. The van der Waals surface area contributed by atoms with Crippen LogP contribution < -0.4 is 0 Å². The first-order chi connectivity index (χ1) is 6.88. The van der Waals surface area contributed by atoms with E-state index in [1.54, 1.807) is 0 Å². The monoisotopic (exact) mass is 223 g/mol. The molecule has 1 aliphatic rings. The van der Waals surface area contributed by atoms with E-state index in [0.29, 0.717) is 17.7 Å². The van der Waals surface area contributed by atoms with Gasteiger partial charge in [0.25, 0.3) is 0 Å². The Balaban J connectivity index is 2.80. The molecule has 0 bridgehead atoms. The van der Waals surface area contributed by atoms with E-state index in [-0.39, 0.29) is 6.04 Å². The maximum absolute atomic E-state index is 12.6. The van der Waals surface area contributed by atoms with Gasteiger partial charge in [0.15, 0.2) is 0 Å². The van der Waals surface area contributed by atoms with E-state index in [2.05, 4.69) is 5.10 Å². The van der Waals surface area contributed by atoms with Crippen molar-refractivity contribution in [2.45, 2.75) is 52.1 Å². The van der Waals surface area contributed by atoms with Crippen LogP contribution in [0.3, 0.4) is 0 Å². The topological polar surface area (TPSA) is 18.8 Å². The van der Waals surface area contributed by atoms with E-state index < -0.39 is 12.5 Å². The van der Waals surface area contributed by atoms with Gasteiger partial charge < -0.3 is 0 Å². The number of hydrogen-bond donors (Lipinski definition) is 0. The molecule has 1 unspecified atom stereocenters. The van der Waals surface area contributed by atoms with Crippen LogP contribution in [0.2, 0.25) is 0 Å². The first-order valence-corrected chi connectivity index (χ1v) is 5.05. The Morgan fingerprint density at radius 1 is 1.40 bits per heavy atom. The minimum atomic E-state index is -4.34. The molecular formula is C9H16F3N3. The summed E-state index contributed by atoms with van der Waals surface area (Å²) >= 11 is 0. The van der Waals surface area contributed by atoms with Gasteiger partial charge in [0.05, 0.1) is 0 Å². The molecule has 88 valence electrons. The highest BCUT2D eigenvalue weighted by Gasteiger charge is 2.45. The van der Waals surface area contributed by atoms with Gasteiger partial charge in [0, 0.05) is 6.04 Å². The van der Waals surface area contributed by atoms with Crippen molar-refractivity contribution in [3.05, 3.63) is 0 Å². The Hall–Kier alpha value is -0.940. The first-order valence-electron chi connectivity index (χ1n) is 5.05. The summed E-state index contributed by atoms with van der Waals surface area (Å²) in [4.78, 5) is 0.372. The van der Waals surface area contributed by atoms with Crippen molar-refractivity contribution in [3.63, 3.8) is 0 Å². The highest BCUT2D eigenvalue weighted by atomic mass is 19.4. The van der Waals surface area contributed by atoms with Crippen LogP contribution in [0.1, 0.15) is 33.6 Å². The summed E-state index contributed by atoms with van der Waals surface area (Å²) in [6, 6.07) is -0.0230. The third kappa shape index (κ3) is 2.54. The summed E-state index contributed by atoms with van der Waals surface area (Å²) in [5.41, 5.74) is 0. The fourth-order valence-electron chi connectivity index (χ4n) is 1.64. The molecule has 0 aromatic rings. The summed E-state index contributed by atoms with van der Waals surface area (Å²) < 4.78 is 37.7. The zero-order valence-electron chi connectivity index (χ0n) is 9.12. The Morgan fingerprint density at radius 3 is 2.40 bits per heavy atom. The van der Waals surface area contributed by atoms with E-state index in [1.807, 2.05) is 20.8 Å². The molecule has 1 aliphatic heterocycles. The van der Waals surface area contributed by atoms with Gasteiger partial charge in [-0.25, -0.2) is 0 Å². The quantitative estimate of drug-likeness (QED) is 0.685. The fraction of sp³-hybridized carbons (Fsp3) is 0.889. The smallest absolute Gasteiger partial charge is 0.270 e. The van der Waals surface area contributed by atoms with Crippen molar-refractivity contribution in [3.8, 4) is 0 Å². The minimum absolute atomic E-state index is 0.0230. The second-order valence-corrected chi connectivity index (χ2v) is 3.85. The molecular weight excluding hydrogens is 207 g/mol. The average molecular weight is 223 g/mol. The molecule has 15 heavy (non-hydrogen) atoms. The predicted octanol–water partition coefficient (Wildman–Crippen LogP) is 2.60. The fourth-order valence-corrected chi connectivity index (χ4v) is 1.64. The molecule has 1 rings (SSSR count). The summed E-state index contributed by atoms with van der Waals surface area (Å²) in [7, 11) is 0. The lowest BCUT2D eigenvalue weighted by Crippen LogP contribution is -2.48. The zero-order chi connectivity index (χ0) is 11.6. The maximum Gasteiger partial charge on any atom is 0.487 e. The van der Waals surface area contributed by atoms with Gasteiger partial charge >= 0.3 is 6.30 Å². The highest BCUT2D eigenvalue weighted by Crippen LogP contribution is 2.30. The minimum Gasteiger partial charge on any atom is -0.270 e. The third-order valence-electron chi connectivity index (χ3n) is 2.30. The molecule has 0 spiro atoms. The van der Waals surface area contributed by atoms with Gasteiger partial charge in [-0.3, -0.25) is 9.91 Å². The molecule has 0 aromatic heterocycles. The van der Waals surface area contributed by atoms with Crippen LogP contribution >= 0.6 is 0 Å². The van der Waals surface area contributed by atoms with E-state index in [0.717, 1.165) is 6.34 Å². The Morgan fingerprint density at radius 2 is 2.00 bits per heavy atom. The van der Waals surface area contributed by atoms with Crippen LogP contribution in [0.25, 0.3) is 0 Å². The Bertz CT molecular complexity index is 237. The average Bonchev–Trinajstić information content (AvgIpc) is 2.47. The molecule has 0 aromatic carbocycles. The van der Waals surface area contributed by atoms with Gasteiger partial charge in [-0.2, -0.15) is 5.10 Å². The third-order valence-corrected chi connectivity index (χ3v) is 2.30. The predicted molar refractivity (Wildman–Crippen MR) is 52.1 cm³/mol. The number of nitrogens with zero attached hydrogens (tertiary/aromatic N) is 3. The van der Waals surface area contributed by atoms with E-state index in [9.17, 15) is 13.2 Å². The zero-order valence-corrected chi connectivity index (χ0v) is 9.12. The summed E-state index contributed by atoms with van der Waals surface area (Å²) in [6.07, 6.45) is -3.00. The van der Waals surface area contributed by atoms with Crippen LogP contribution in [-0.4, -0.2) is 34.8 Å². The number of alkyl halides is 3. The lowest BCUT2D eigenvalue weighted by atomic mass is 10.2. The molecule has 0 N–H and O–H groups in total. The summed E-state index contributed by atoms with van der Waals surface area (Å²) in [6.45, 7) is 5.53. The van der Waals surface area contributed by atoms with Gasteiger partial charge in [-0.05, 0) is 20.3 Å². The molecule has 0 aliphatic carbocycles. The second kappa shape index (κ2) is 4.28. The normalized spacial score (nSPS) is 21.9. The first kappa shape index (κ1) is 12.1. The molecule has 0 saturated heterocycles. The SMILES string of the molecule is CCCC1N(C(C)C)N=CN1C(F)(F)F. The number of hydrogen-bond acceptors (Lipinski definition) is 3. The van der Waals surface area contributed by atoms with Crippen LogP contribution in [-0.2, 0) is 0 Å². The van der Waals surface area contributed by atoms with Crippen molar-refractivity contribution in [1.82, 2.24) is 9.91 Å². The number of rotatable bonds is 3. The van der Waals surface area contributed by atoms with Gasteiger partial charge in [-0.1, -0.05) is 13.3 Å². The van der Waals surface area contributed by atoms with E-state index in [1.165, 1.54) is 5.01 Å². The summed E-state index contributed by atoms with van der Waals surface area (Å²) in [5.74, 6) is 0. The number of halogens is 3. The van der Waals surface area contributed by atoms with Crippen molar-refractivity contribution < 1.29 is 13.2 Å². The molecule has 1 heterocycles. The van der Waals surface area contributed by atoms with Gasteiger partial charge in [0.1, 0.15) is 12.5 Å². The Kier molecular flexibility index (Phi) is 3.46. The van der Waals surface area contributed by atoms with Crippen molar-refractivity contribution in [2.24, 2.45) is 5.10 Å². The van der Waals surface area contributed by atoms with Crippen LogP contribution in [0.5, 0.6) is 0 Å². The largest absolute Gasteiger partial charge is 0.487 e. The van der Waals surface area contributed by atoms with E-state index >= 15 is 0 Å². The maximum atomic E-state index is 12.6.